The Hall–Kier alpha value is -0.810. The van der Waals surface area contributed by atoms with E-state index in [9.17, 15) is 0 Å². The van der Waals surface area contributed by atoms with Gasteiger partial charge < -0.3 is 14.2 Å². The molecule has 14 heavy (non-hydrogen) atoms. The van der Waals surface area contributed by atoms with Crippen LogP contribution in [0.2, 0.25) is 0 Å². The van der Waals surface area contributed by atoms with Crippen LogP contribution in [0.15, 0.2) is 5.11 Å². The number of hydrogen-bond acceptors (Lipinski definition) is 4. The second-order valence-electron chi connectivity index (χ2n) is 2.29. The number of ether oxygens (including phenoxy) is 3. The lowest BCUT2D eigenvalue weighted by Gasteiger charge is -2.04. The average Bonchev–Trinajstić information content (AvgIpc) is 2.21. The van der Waals surface area contributed by atoms with Gasteiger partial charge in [0.2, 0.25) is 0 Å². The zero-order valence-electron chi connectivity index (χ0n) is 8.22. The minimum absolute atomic E-state index is 0.362. The summed E-state index contributed by atoms with van der Waals surface area (Å²) in [5.74, 6) is 0. The monoisotopic (exact) mass is 202 g/mol. The molecule has 0 saturated carbocycles. The Morgan fingerprint density at radius 1 is 1.00 bits per heavy atom. The lowest BCUT2D eigenvalue weighted by atomic mass is 10.7. The molecule has 0 unspecified atom stereocenters. The largest absolute Gasteiger partial charge is 0.379 e. The van der Waals surface area contributed by atoms with Crippen LogP contribution in [0.5, 0.6) is 0 Å². The Morgan fingerprint density at radius 2 is 1.57 bits per heavy atom. The van der Waals surface area contributed by atoms with Gasteiger partial charge in [-0.25, -0.2) is 0 Å². The van der Waals surface area contributed by atoms with E-state index in [1.807, 2.05) is 0 Å². The summed E-state index contributed by atoms with van der Waals surface area (Å²) in [4.78, 5) is 2.59. The molecule has 0 heterocycles. The lowest BCUT2D eigenvalue weighted by Crippen LogP contribution is -2.10. The first-order valence-corrected chi connectivity index (χ1v) is 4.45. The molecule has 1 radical (unpaired) electrons. The van der Waals surface area contributed by atoms with Gasteiger partial charge >= 0.3 is 0 Å². The highest BCUT2D eigenvalue weighted by molar-refractivity contribution is 4.44. The molecule has 6 heteroatoms. The summed E-state index contributed by atoms with van der Waals surface area (Å²) in [5, 5.41) is 3.32. The second-order valence-corrected chi connectivity index (χ2v) is 2.29. The molecular weight excluding hydrogens is 186 g/mol. The molecular formula is C8H16N3O3. The first-order chi connectivity index (χ1) is 6.91. The number of nitrogens with zero attached hydrogens (tertiary/aromatic N) is 3. The fourth-order valence-corrected chi connectivity index (χ4v) is 0.692. The van der Waals surface area contributed by atoms with Gasteiger partial charge in [0.25, 0.3) is 0 Å². The molecule has 0 spiro atoms. The molecule has 6 nitrogen and oxygen atoms in total. The van der Waals surface area contributed by atoms with E-state index < -0.39 is 0 Å². The molecule has 0 aromatic carbocycles. The Balaban J connectivity index is 2.88. The normalized spacial score (nSPS) is 9.79. The van der Waals surface area contributed by atoms with Crippen molar-refractivity contribution in [2.75, 3.05) is 46.2 Å². The summed E-state index contributed by atoms with van der Waals surface area (Å²) in [6, 6.07) is 0. The predicted molar refractivity (Wildman–Crippen MR) is 51.8 cm³/mol. The van der Waals surface area contributed by atoms with Crippen LogP contribution in [0.3, 0.4) is 0 Å². The third-order valence-corrected chi connectivity index (χ3v) is 1.29. The zero-order chi connectivity index (χ0) is 10.5. The quantitative estimate of drug-likeness (QED) is 0.231. The highest BCUT2D eigenvalue weighted by Gasteiger charge is 1.89. The number of rotatable bonds is 10. The summed E-state index contributed by atoms with van der Waals surface area (Å²) >= 11 is 0. The van der Waals surface area contributed by atoms with E-state index in [-0.39, 0.29) is 0 Å². The second kappa shape index (κ2) is 12.2. The van der Waals surface area contributed by atoms with E-state index in [1.54, 1.807) is 0 Å². The number of hydrogen-bond donors (Lipinski definition) is 0. The molecule has 0 aromatic heterocycles. The molecule has 0 aliphatic rings. The summed E-state index contributed by atoms with van der Waals surface area (Å²) in [6.07, 6.45) is 0. The standard InChI is InChI=1S/C8H16N3O3/c1-2-12-5-6-14-8-7-13-4-3-10-11-9/h1-8H2. The molecule has 0 bridgehead atoms. The Morgan fingerprint density at radius 3 is 2.14 bits per heavy atom. The fraction of sp³-hybridized carbons (Fsp3) is 0.875. The van der Waals surface area contributed by atoms with Crippen molar-refractivity contribution in [2.24, 2.45) is 5.11 Å². The van der Waals surface area contributed by atoms with Crippen molar-refractivity contribution in [1.29, 1.82) is 0 Å². The van der Waals surface area contributed by atoms with Crippen molar-refractivity contribution < 1.29 is 14.2 Å². The maximum absolute atomic E-state index is 7.95. The van der Waals surface area contributed by atoms with E-state index in [1.165, 1.54) is 0 Å². The van der Waals surface area contributed by atoms with Crippen molar-refractivity contribution in [3.63, 3.8) is 0 Å². The van der Waals surface area contributed by atoms with E-state index in [0.717, 1.165) is 0 Å². The van der Waals surface area contributed by atoms with Crippen LogP contribution in [0.1, 0.15) is 0 Å². The van der Waals surface area contributed by atoms with E-state index in [0.29, 0.717) is 46.2 Å². The van der Waals surface area contributed by atoms with Crippen LogP contribution in [0.4, 0.5) is 0 Å². The number of azide groups is 1. The van der Waals surface area contributed by atoms with Gasteiger partial charge in [-0.3, -0.25) is 0 Å². The maximum Gasteiger partial charge on any atom is 0.0701 e. The van der Waals surface area contributed by atoms with Crippen LogP contribution in [0.25, 0.3) is 10.4 Å². The van der Waals surface area contributed by atoms with Crippen LogP contribution in [-0.2, 0) is 14.2 Å². The molecule has 0 aliphatic carbocycles. The summed E-state index contributed by atoms with van der Waals surface area (Å²) in [7, 11) is 0. The van der Waals surface area contributed by atoms with Crippen molar-refractivity contribution in [3.05, 3.63) is 17.4 Å². The Bertz CT molecular complexity index is 160. The molecule has 0 aromatic rings. The fourth-order valence-electron chi connectivity index (χ4n) is 0.692. The van der Waals surface area contributed by atoms with Crippen LogP contribution in [0, 0.1) is 6.92 Å². The molecule has 0 atom stereocenters. The highest BCUT2D eigenvalue weighted by atomic mass is 16.5. The van der Waals surface area contributed by atoms with Gasteiger partial charge in [0.05, 0.1) is 33.0 Å². The van der Waals surface area contributed by atoms with Crippen LogP contribution >= 0.6 is 0 Å². The van der Waals surface area contributed by atoms with E-state index >= 15 is 0 Å². The van der Waals surface area contributed by atoms with Gasteiger partial charge in [-0.2, -0.15) is 0 Å². The molecule has 0 fully saturated rings. The average molecular weight is 202 g/mol. The smallest absolute Gasteiger partial charge is 0.0701 e. The third kappa shape index (κ3) is 11.2. The van der Waals surface area contributed by atoms with Gasteiger partial charge in [0, 0.05) is 18.1 Å². The Kier molecular flexibility index (Phi) is 11.5. The van der Waals surface area contributed by atoms with Gasteiger partial charge in [-0.15, -0.1) is 0 Å². The van der Waals surface area contributed by atoms with E-state index in [4.69, 9.17) is 19.7 Å². The third-order valence-electron chi connectivity index (χ3n) is 1.29. The summed E-state index contributed by atoms with van der Waals surface area (Å²) in [5.41, 5.74) is 7.95. The zero-order valence-corrected chi connectivity index (χ0v) is 8.22. The van der Waals surface area contributed by atoms with Crippen molar-refractivity contribution in [3.8, 4) is 0 Å². The van der Waals surface area contributed by atoms with E-state index in [2.05, 4.69) is 16.9 Å². The minimum atomic E-state index is 0.362. The molecule has 0 rings (SSSR count). The lowest BCUT2D eigenvalue weighted by molar-refractivity contribution is 0.0209. The first-order valence-electron chi connectivity index (χ1n) is 4.45. The molecule has 0 amide bonds. The van der Waals surface area contributed by atoms with Crippen molar-refractivity contribution in [2.45, 2.75) is 0 Å². The van der Waals surface area contributed by atoms with Gasteiger partial charge in [-0.05, 0) is 12.5 Å². The SMILES string of the molecule is [CH2]COCCOCCOCCN=[N+]=[N-]. The minimum Gasteiger partial charge on any atom is -0.379 e. The van der Waals surface area contributed by atoms with Crippen LogP contribution in [-0.4, -0.2) is 46.2 Å². The van der Waals surface area contributed by atoms with Gasteiger partial charge in [-0.1, -0.05) is 5.11 Å². The highest BCUT2D eigenvalue weighted by Crippen LogP contribution is 1.81. The predicted octanol–water partition coefficient (Wildman–Crippen LogP) is 1.18. The van der Waals surface area contributed by atoms with Crippen molar-refractivity contribution in [1.82, 2.24) is 0 Å². The van der Waals surface area contributed by atoms with Crippen molar-refractivity contribution >= 4 is 0 Å². The first kappa shape index (κ1) is 13.2. The van der Waals surface area contributed by atoms with Crippen LogP contribution < -0.4 is 0 Å². The molecule has 81 valence electrons. The Labute approximate surface area is 83.8 Å². The summed E-state index contributed by atoms with van der Waals surface area (Å²) < 4.78 is 15.2. The molecule has 0 aliphatic heterocycles. The topological polar surface area (TPSA) is 76.5 Å². The maximum atomic E-state index is 7.95. The molecule has 0 saturated heterocycles. The van der Waals surface area contributed by atoms with Gasteiger partial charge in [0.15, 0.2) is 0 Å². The molecule has 0 N–H and O–H groups in total. The summed E-state index contributed by atoms with van der Waals surface area (Å²) in [6.45, 7) is 6.92. The van der Waals surface area contributed by atoms with Gasteiger partial charge in [0.1, 0.15) is 0 Å².